The van der Waals surface area contributed by atoms with Crippen LogP contribution in [0.15, 0.2) is 36.5 Å². The number of hydrogen-bond donors (Lipinski definition) is 1. The van der Waals surface area contributed by atoms with E-state index in [9.17, 15) is 18.0 Å². The molecule has 1 fully saturated rings. The molecule has 2 heterocycles. The zero-order chi connectivity index (χ0) is 19.1. The number of hydrogen-bond acceptors (Lipinski definition) is 4. The van der Waals surface area contributed by atoms with Crippen LogP contribution in [0.2, 0.25) is 0 Å². The monoisotopic (exact) mass is 375 g/mol. The van der Waals surface area contributed by atoms with Crippen LogP contribution in [0, 0.1) is 11.7 Å². The molecule has 1 aliphatic carbocycles. The third-order valence-corrected chi connectivity index (χ3v) is 4.53. The summed E-state index contributed by atoms with van der Waals surface area (Å²) in [6, 6.07) is 7.63. The highest BCUT2D eigenvalue weighted by atomic mass is 19.1. The van der Waals surface area contributed by atoms with E-state index in [2.05, 4.69) is 4.98 Å². The second-order valence-electron chi connectivity index (χ2n) is 6.37. The second-order valence-corrected chi connectivity index (χ2v) is 6.37. The Morgan fingerprint density at radius 2 is 2.11 bits per heavy atom. The average molecular weight is 375 g/mol. The van der Waals surface area contributed by atoms with Gasteiger partial charge in [-0.3, -0.25) is 9.20 Å². The number of halogens is 3. The van der Waals surface area contributed by atoms with Gasteiger partial charge in [-0.05, 0) is 24.6 Å². The summed E-state index contributed by atoms with van der Waals surface area (Å²) in [7, 11) is 0. The van der Waals surface area contributed by atoms with Crippen molar-refractivity contribution in [2.24, 2.45) is 5.92 Å². The zero-order valence-electron chi connectivity index (χ0n) is 14.2. The molecule has 8 heteroatoms. The fourth-order valence-corrected chi connectivity index (χ4v) is 3.10. The van der Waals surface area contributed by atoms with Crippen molar-refractivity contribution < 1.29 is 22.7 Å². The number of para-hydroxylation sites is 1. The van der Waals surface area contributed by atoms with Crippen LogP contribution in [0.25, 0.3) is 16.8 Å². The summed E-state index contributed by atoms with van der Waals surface area (Å²) >= 11 is 0. The predicted molar refractivity (Wildman–Crippen MR) is 93.8 cm³/mol. The number of pyridine rings is 1. The maximum atomic E-state index is 14.2. The van der Waals surface area contributed by atoms with E-state index in [1.165, 1.54) is 16.5 Å². The molecule has 1 saturated carbocycles. The molecular weight excluding hydrogens is 359 g/mol. The molecular formula is C19H16F3N3O2. The van der Waals surface area contributed by atoms with Crippen molar-refractivity contribution in [2.75, 3.05) is 19.0 Å². The Labute approximate surface area is 152 Å². The van der Waals surface area contributed by atoms with Crippen LogP contribution in [0.3, 0.4) is 0 Å². The molecule has 5 nitrogen and oxygen atoms in total. The van der Waals surface area contributed by atoms with Crippen molar-refractivity contribution in [1.29, 1.82) is 0 Å². The SMILES string of the molecule is Nc1nc2ccc(-c3cccc(F)c3OCCF)cn2c1C(=O)[C@@H]1C[C@@H]1F. The minimum absolute atomic E-state index is 0.0180. The van der Waals surface area contributed by atoms with Gasteiger partial charge >= 0.3 is 0 Å². The van der Waals surface area contributed by atoms with Gasteiger partial charge in [0.15, 0.2) is 23.2 Å². The number of alkyl halides is 2. The lowest BCUT2D eigenvalue weighted by Crippen LogP contribution is -2.10. The lowest BCUT2D eigenvalue weighted by molar-refractivity contribution is 0.0952. The Bertz CT molecular complexity index is 1030. The number of aromatic nitrogens is 2. The number of imidazole rings is 1. The van der Waals surface area contributed by atoms with Crippen molar-refractivity contribution in [3.63, 3.8) is 0 Å². The maximum absolute atomic E-state index is 14.2. The Kier molecular flexibility index (Phi) is 4.25. The van der Waals surface area contributed by atoms with E-state index in [4.69, 9.17) is 10.5 Å². The average Bonchev–Trinajstić information content (AvgIpc) is 3.29. The van der Waals surface area contributed by atoms with E-state index < -0.39 is 30.4 Å². The van der Waals surface area contributed by atoms with Gasteiger partial charge in [-0.2, -0.15) is 0 Å². The lowest BCUT2D eigenvalue weighted by atomic mass is 10.1. The first-order valence-corrected chi connectivity index (χ1v) is 8.44. The number of anilines is 1. The molecule has 2 N–H and O–H groups in total. The van der Waals surface area contributed by atoms with Crippen LogP contribution in [-0.2, 0) is 0 Å². The first-order chi connectivity index (χ1) is 13.0. The van der Waals surface area contributed by atoms with E-state index in [1.807, 2.05) is 0 Å². The van der Waals surface area contributed by atoms with Gasteiger partial charge in [0, 0.05) is 17.3 Å². The summed E-state index contributed by atoms with van der Waals surface area (Å²) in [4.78, 5) is 16.7. The van der Waals surface area contributed by atoms with Gasteiger partial charge < -0.3 is 10.5 Å². The largest absolute Gasteiger partial charge is 0.487 e. The lowest BCUT2D eigenvalue weighted by Gasteiger charge is -2.12. The van der Waals surface area contributed by atoms with Gasteiger partial charge in [-0.25, -0.2) is 18.2 Å². The van der Waals surface area contributed by atoms with Gasteiger partial charge in [0.2, 0.25) is 0 Å². The molecule has 0 aliphatic heterocycles. The summed E-state index contributed by atoms with van der Waals surface area (Å²) in [5.41, 5.74) is 7.32. The molecule has 27 heavy (non-hydrogen) atoms. The molecule has 2 aromatic heterocycles. The number of fused-ring (bicyclic) bond motifs is 1. The van der Waals surface area contributed by atoms with Gasteiger partial charge in [0.1, 0.15) is 30.8 Å². The summed E-state index contributed by atoms with van der Waals surface area (Å²) in [5, 5.41) is 0. The van der Waals surface area contributed by atoms with Gasteiger partial charge in [-0.15, -0.1) is 0 Å². The number of ketones is 1. The predicted octanol–water partition coefficient (Wildman–Crippen LogP) is 3.61. The van der Waals surface area contributed by atoms with Gasteiger partial charge in [-0.1, -0.05) is 12.1 Å². The standard InChI is InChI=1S/C19H16F3N3O2/c20-6-7-27-18-11(2-1-3-13(18)21)10-4-5-15-24-19(23)16(25(15)9-10)17(26)12-8-14(12)22/h1-5,9,12,14H,6-8,23H2/t12-,14+/m1/s1. The summed E-state index contributed by atoms with van der Waals surface area (Å²) < 4.78 is 46.6. The number of Topliss-reactive ketones (excluding diaryl/α,β-unsaturated/α-hetero) is 1. The van der Waals surface area contributed by atoms with Crippen molar-refractivity contribution >= 4 is 17.2 Å². The summed E-state index contributed by atoms with van der Waals surface area (Å²) in [6.07, 6.45) is 0.587. The van der Waals surface area contributed by atoms with Crippen molar-refractivity contribution in [2.45, 2.75) is 12.6 Å². The molecule has 1 aromatic carbocycles. The minimum Gasteiger partial charge on any atom is -0.487 e. The summed E-state index contributed by atoms with van der Waals surface area (Å²) in [5.74, 6) is -1.79. The number of nitrogens with two attached hydrogens (primary N) is 1. The van der Waals surface area contributed by atoms with E-state index in [0.717, 1.165) is 0 Å². The van der Waals surface area contributed by atoms with Crippen molar-refractivity contribution in [1.82, 2.24) is 9.38 Å². The van der Waals surface area contributed by atoms with Gasteiger partial charge in [0.25, 0.3) is 0 Å². The molecule has 1 aliphatic rings. The van der Waals surface area contributed by atoms with E-state index in [-0.39, 0.29) is 30.3 Å². The molecule has 0 saturated heterocycles. The van der Waals surface area contributed by atoms with E-state index >= 15 is 0 Å². The minimum atomic E-state index is -1.16. The topological polar surface area (TPSA) is 69.6 Å². The molecule has 140 valence electrons. The quantitative estimate of drug-likeness (QED) is 0.668. The molecule has 4 rings (SSSR count). The Morgan fingerprint density at radius 3 is 2.81 bits per heavy atom. The fraction of sp³-hybridized carbons (Fsp3) is 0.263. The number of ether oxygens (including phenoxy) is 1. The maximum Gasteiger partial charge on any atom is 0.189 e. The fourth-order valence-electron chi connectivity index (χ4n) is 3.10. The second kappa shape index (κ2) is 6.61. The molecule has 3 aromatic rings. The molecule has 2 atom stereocenters. The van der Waals surface area contributed by atoms with E-state index in [0.29, 0.717) is 16.8 Å². The van der Waals surface area contributed by atoms with Crippen molar-refractivity contribution in [3.05, 3.63) is 48.0 Å². The number of carbonyl (C=O) groups excluding carboxylic acids is 1. The molecule has 0 bridgehead atoms. The Balaban J connectivity index is 1.83. The third kappa shape index (κ3) is 3.01. The van der Waals surface area contributed by atoms with Crippen molar-refractivity contribution in [3.8, 4) is 16.9 Å². The third-order valence-electron chi connectivity index (χ3n) is 4.53. The highest BCUT2D eigenvalue weighted by Crippen LogP contribution is 2.38. The number of benzene rings is 1. The Morgan fingerprint density at radius 1 is 1.33 bits per heavy atom. The van der Waals surface area contributed by atoms with Crippen LogP contribution >= 0.6 is 0 Å². The smallest absolute Gasteiger partial charge is 0.189 e. The first kappa shape index (κ1) is 17.4. The highest BCUT2D eigenvalue weighted by Gasteiger charge is 2.45. The number of nitrogen functional groups attached to an aromatic ring is 1. The van der Waals surface area contributed by atoms with Crippen LogP contribution in [-0.4, -0.2) is 34.6 Å². The first-order valence-electron chi connectivity index (χ1n) is 8.44. The molecule has 0 amide bonds. The highest BCUT2D eigenvalue weighted by molar-refractivity contribution is 6.03. The molecule has 0 spiro atoms. The van der Waals surface area contributed by atoms with Crippen LogP contribution in [0.1, 0.15) is 16.9 Å². The van der Waals surface area contributed by atoms with Crippen LogP contribution in [0.4, 0.5) is 19.0 Å². The van der Waals surface area contributed by atoms with Crippen LogP contribution in [0.5, 0.6) is 5.75 Å². The number of nitrogens with zero attached hydrogens (tertiary/aromatic N) is 2. The summed E-state index contributed by atoms with van der Waals surface area (Å²) in [6.45, 7) is -1.03. The van der Waals surface area contributed by atoms with Crippen LogP contribution < -0.4 is 10.5 Å². The molecule has 0 unspecified atom stereocenters. The number of carbonyl (C=O) groups is 1. The Hall–Kier alpha value is -3.03. The van der Waals surface area contributed by atoms with Gasteiger partial charge in [0.05, 0.1) is 5.92 Å². The normalized spacial score (nSPS) is 18.6. The number of rotatable bonds is 6. The molecule has 0 radical (unpaired) electrons. The zero-order valence-corrected chi connectivity index (χ0v) is 14.2. The van der Waals surface area contributed by atoms with E-state index in [1.54, 1.807) is 24.4 Å².